The fourth-order valence-corrected chi connectivity index (χ4v) is 1.80. The molecule has 0 spiro atoms. The average Bonchev–Trinajstić information content (AvgIpc) is 2.91. The third kappa shape index (κ3) is 2.98. The molecule has 1 N–H and O–H groups in total. The van der Waals surface area contributed by atoms with Gasteiger partial charge in [-0.15, -0.1) is 10.2 Å². The second-order valence-electron chi connectivity index (χ2n) is 4.33. The lowest BCUT2D eigenvalue weighted by Crippen LogP contribution is -2.17. The SMILES string of the molecule is CCCNCCc1nnc(-c2cc(C)oc2C)o1. The lowest BCUT2D eigenvalue weighted by Gasteiger charge is -1.98. The quantitative estimate of drug-likeness (QED) is 0.797. The first-order valence-corrected chi connectivity index (χ1v) is 6.31. The van der Waals surface area contributed by atoms with Crippen molar-refractivity contribution in [2.24, 2.45) is 0 Å². The predicted octanol–water partition coefficient (Wildman–Crippen LogP) is 2.49. The summed E-state index contributed by atoms with van der Waals surface area (Å²) < 4.78 is 11.1. The van der Waals surface area contributed by atoms with Crippen molar-refractivity contribution < 1.29 is 8.83 Å². The summed E-state index contributed by atoms with van der Waals surface area (Å²) in [6.45, 7) is 7.82. The molecule has 5 nitrogen and oxygen atoms in total. The maximum absolute atomic E-state index is 5.62. The van der Waals surface area contributed by atoms with E-state index in [1.165, 1.54) is 0 Å². The Labute approximate surface area is 107 Å². The normalized spacial score (nSPS) is 11.1. The van der Waals surface area contributed by atoms with Gasteiger partial charge in [-0.1, -0.05) is 6.92 Å². The maximum Gasteiger partial charge on any atom is 0.251 e. The highest BCUT2D eigenvalue weighted by Crippen LogP contribution is 2.25. The van der Waals surface area contributed by atoms with Gasteiger partial charge in [0.2, 0.25) is 5.89 Å². The van der Waals surface area contributed by atoms with Gasteiger partial charge in [-0.3, -0.25) is 0 Å². The molecule has 18 heavy (non-hydrogen) atoms. The Morgan fingerprint density at radius 1 is 1.17 bits per heavy atom. The number of hydrogen-bond donors (Lipinski definition) is 1. The average molecular weight is 249 g/mol. The Hall–Kier alpha value is -1.62. The van der Waals surface area contributed by atoms with Crippen LogP contribution in [0.15, 0.2) is 14.9 Å². The summed E-state index contributed by atoms with van der Waals surface area (Å²) >= 11 is 0. The van der Waals surface area contributed by atoms with E-state index >= 15 is 0 Å². The monoisotopic (exact) mass is 249 g/mol. The van der Waals surface area contributed by atoms with Gasteiger partial charge in [0.15, 0.2) is 0 Å². The van der Waals surface area contributed by atoms with Crippen LogP contribution in [0, 0.1) is 13.8 Å². The van der Waals surface area contributed by atoms with Crippen LogP contribution in [-0.4, -0.2) is 23.3 Å². The Morgan fingerprint density at radius 2 is 2.00 bits per heavy atom. The minimum Gasteiger partial charge on any atom is -0.466 e. The number of furan rings is 1. The minimum atomic E-state index is 0.537. The Morgan fingerprint density at radius 3 is 2.67 bits per heavy atom. The topological polar surface area (TPSA) is 64.1 Å². The van der Waals surface area contributed by atoms with Crippen LogP contribution >= 0.6 is 0 Å². The van der Waals surface area contributed by atoms with Gasteiger partial charge in [0, 0.05) is 13.0 Å². The van der Waals surface area contributed by atoms with Gasteiger partial charge in [-0.05, 0) is 32.9 Å². The first-order chi connectivity index (χ1) is 8.70. The summed E-state index contributed by atoms with van der Waals surface area (Å²) in [7, 11) is 0. The van der Waals surface area contributed by atoms with E-state index in [1.54, 1.807) is 0 Å². The van der Waals surface area contributed by atoms with E-state index in [-0.39, 0.29) is 0 Å². The molecule has 2 aromatic rings. The van der Waals surface area contributed by atoms with Crippen LogP contribution in [0.2, 0.25) is 0 Å². The van der Waals surface area contributed by atoms with Crippen LogP contribution in [0.5, 0.6) is 0 Å². The molecule has 0 amide bonds. The molecular formula is C13H19N3O2. The van der Waals surface area contributed by atoms with E-state index in [9.17, 15) is 0 Å². The van der Waals surface area contributed by atoms with Gasteiger partial charge in [-0.2, -0.15) is 0 Å². The molecule has 98 valence electrons. The van der Waals surface area contributed by atoms with Gasteiger partial charge in [0.05, 0.1) is 5.56 Å². The van der Waals surface area contributed by atoms with Crippen LogP contribution < -0.4 is 5.32 Å². The molecule has 0 saturated carbocycles. The molecule has 0 radical (unpaired) electrons. The maximum atomic E-state index is 5.62. The number of hydrogen-bond acceptors (Lipinski definition) is 5. The van der Waals surface area contributed by atoms with E-state index in [0.29, 0.717) is 11.8 Å². The van der Waals surface area contributed by atoms with Crippen molar-refractivity contribution >= 4 is 0 Å². The van der Waals surface area contributed by atoms with Crippen molar-refractivity contribution in [2.75, 3.05) is 13.1 Å². The van der Waals surface area contributed by atoms with E-state index in [1.807, 2.05) is 19.9 Å². The fourth-order valence-electron chi connectivity index (χ4n) is 1.80. The van der Waals surface area contributed by atoms with E-state index < -0.39 is 0 Å². The molecule has 0 atom stereocenters. The molecule has 2 rings (SSSR count). The number of rotatable bonds is 6. The van der Waals surface area contributed by atoms with Gasteiger partial charge < -0.3 is 14.2 Å². The van der Waals surface area contributed by atoms with Crippen molar-refractivity contribution in [2.45, 2.75) is 33.6 Å². The molecule has 5 heteroatoms. The molecule has 2 heterocycles. The van der Waals surface area contributed by atoms with Crippen molar-refractivity contribution in [3.8, 4) is 11.5 Å². The lowest BCUT2D eigenvalue weighted by molar-refractivity contribution is 0.487. The van der Waals surface area contributed by atoms with Gasteiger partial charge in [0.1, 0.15) is 11.5 Å². The molecule has 0 aliphatic heterocycles. The molecule has 0 bridgehead atoms. The number of nitrogens with one attached hydrogen (secondary N) is 1. The summed E-state index contributed by atoms with van der Waals surface area (Å²) in [6, 6.07) is 1.92. The molecule has 0 unspecified atom stereocenters. The second kappa shape index (κ2) is 5.82. The summed E-state index contributed by atoms with van der Waals surface area (Å²) in [5.41, 5.74) is 0.882. The zero-order valence-electron chi connectivity index (χ0n) is 11.1. The number of aromatic nitrogens is 2. The minimum absolute atomic E-state index is 0.537. The highest BCUT2D eigenvalue weighted by Gasteiger charge is 2.14. The molecule has 0 saturated heterocycles. The second-order valence-corrected chi connectivity index (χ2v) is 4.33. The van der Waals surface area contributed by atoms with Crippen LogP contribution in [-0.2, 0) is 6.42 Å². The number of nitrogens with zero attached hydrogens (tertiary/aromatic N) is 2. The molecule has 0 fully saturated rings. The van der Waals surface area contributed by atoms with Gasteiger partial charge in [-0.25, -0.2) is 0 Å². The van der Waals surface area contributed by atoms with Crippen LogP contribution in [0.4, 0.5) is 0 Å². The summed E-state index contributed by atoms with van der Waals surface area (Å²) in [6.07, 6.45) is 1.88. The Bertz CT molecular complexity index is 502. The Balaban J connectivity index is 1.99. The zero-order chi connectivity index (χ0) is 13.0. The molecule has 0 aromatic carbocycles. The third-order valence-electron chi connectivity index (χ3n) is 2.68. The van der Waals surface area contributed by atoms with Crippen molar-refractivity contribution in [1.29, 1.82) is 0 Å². The summed E-state index contributed by atoms with van der Waals surface area (Å²) in [5.74, 6) is 2.86. The van der Waals surface area contributed by atoms with Crippen LogP contribution in [0.1, 0.15) is 30.8 Å². The standard InChI is InChI=1S/C13H19N3O2/c1-4-6-14-7-5-12-15-16-13(18-12)11-8-9(2)17-10(11)3/h8,14H,4-7H2,1-3H3. The summed E-state index contributed by atoms with van der Waals surface area (Å²) in [4.78, 5) is 0. The van der Waals surface area contributed by atoms with E-state index in [4.69, 9.17) is 8.83 Å². The molecular weight excluding hydrogens is 230 g/mol. The predicted molar refractivity (Wildman–Crippen MR) is 68.3 cm³/mol. The van der Waals surface area contributed by atoms with Crippen molar-refractivity contribution in [3.63, 3.8) is 0 Å². The number of aryl methyl sites for hydroxylation is 2. The summed E-state index contributed by atoms with van der Waals surface area (Å²) in [5, 5.41) is 11.4. The van der Waals surface area contributed by atoms with Crippen molar-refractivity contribution in [3.05, 3.63) is 23.5 Å². The Kier molecular flexibility index (Phi) is 4.15. The van der Waals surface area contributed by atoms with Crippen LogP contribution in [0.25, 0.3) is 11.5 Å². The van der Waals surface area contributed by atoms with Gasteiger partial charge >= 0.3 is 0 Å². The highest BCUT2D eigenvalue weighted by molar-refractivity contribution is 5.55. The molecule has 0 aliphatic rings. The highest BCUT2D eigenvalue weighted by atomic mass is 16.4. The third-order valence-corrected chi connectivity index (χ3v) is 2.68. The molecule has 0 aliphatic carbocycles. The van der Waals surface area contributed by atoms with Crippen molar-refractivity contribution in [1.82, 2.24) is 15.5 Å². The molecule has 2 aromatic heterocycles. The first-order valence-electron chi connectivity index (χ1n) is 6.31. The smallest absolute Gasteiger partial charge is 0.251 e. The van der Waals surface area contributed by atoms with Crippen LogP contribution in [0.3, 0.4) is 0 Å². The van der Waals surface area contributed by atoms with E-state index in [2.05, 4.69) is 22.4 Å². The first kappa shape index (κ1) is 12.8. The lowest BCUT2D eigenvalue weighted by atomic mass is 10.2. The fraction of sp³-hybridized carbons (Fsp3) is 0.538. The largest absolute Gasteiger partial charge is 0.466 e. The zero-order valence-corrected chi connectivity index (χ0v) is 11.1. The van der Waals surface area contributed by atoms with Gasteiger partial charge in [0.25, 0.3) is 5.89 Å². The van der Waals surface area contributed by atoms with E-state index in [0.717, 1.165) is 43.0 Å².